The van der Waals surface area contributed by atoms with Gasteiger partial charge in [0.15, 0.2) is 5.82 Å². The first-order chi connectivity index (χ1) is 10.8. The van der Waals surface area contributed by atoms with Crippen LogP contribution in [0, 0.1) is 0 Å². The fourth-order valence-corrected chi connectivity index (χ4v) is 3.43. The summed E-state index contributed by atoms with van der Waals surface area (Å²) in [6.45, 7) is 2.78. The van der Waals surface area contributed by atoms with E-state index in [4.69, 9.17) is 0 Å². The molecule has 0 bridgehead atoms. The Morgan fingerprint density at radius 2 is 2.27 bits per heavy atom. The molecule has 0 radical (unpaired) electrons. The van der Waals surface area contributed by atoms with Crippen LogP contribution in [0.5, 0.6) is 0 Å². The number of carbonyl (C=O) groups is 1. The van der Waals surface area contributed by atoms with E-state index in [1.807, 2.05) is 24.1 Å². The Hall–Kier alpha value is -1.69. The highest BCUT2D eigenvalue weighted by atomic mass is 16.2. The first-order valence-electron chi connectivity index (χ1n) is 8.28. The zero-order valence-corrected chi connectivity index (χ0v) is 13.2. The minimum atomic E-state index is 0.00523. The summed E-state index contributed by atoms with van der Waals surface area (Å²) in [6, 6.07) is 4.16. The lowest BCUT2D eigenvalue weighted by molar-refractivity contribution is -0.135. The summed E-state index contributed by atoms with van der Waals surface area (Å²) < 4.78 is 0. The van der Waals surface area contributed by atoms with Crippen LogP contribution < -0.4 is 10.2 Å². The Labute approximate surface area is 131 Å². The standard InChI is InChI=1S/C16H25N5O/c1-20(16(22)14-7-2-3-9-17-14)13-6-5-11-21(12-13)15-8-4-10-18-19-15/h4,8,10,13-14,17H,2-3,5-7,9,11-12H2,1H3/t13?,14-/m1/s1. The van der Waals surface area contributed by atoms with Gasteiger partial charge in [0.2, 0.25) is 5.91 Å². The van der Waals surface area contributed by atoms with Crippen LogP contribution in [0.3, 0.4) is 0 Å². The molecule has 2 fully saturated rings. The zero-order chi connectivity index (χ0) is 15.4. The highest BCUT2D eigenvalue weighted by Crippen LogP contribution is 2.21. The van der Waals surface area contributed by atoms with Gasteiger partial charge < -0.3 is 15.1 Å². The highest BCUT2D eigenvalue weighted by molar-refractivity contribution is 5.82. The van der Waals surface area contributed by atoms with Crippen molar-refractivity contribution in [2.24, 2.45) is 0 Å². The predicted octanol–water partition coefficient (Wildman–Crippen LogP) is 1.05. The summed E-state index contributed by atoms with van der Waals surface area (Å²) in [7, 11) is 1.95. The van der Waals surface area contributed by atoms with Gasteiger partial charge in [-0.3, -0.25) is 4.79 Å². The lowest BCUT2D eigenvalue weighted by Crippen LogP contribution is -2.54. The number of nitrogens with one attached hydrogen (secondary N) is 1. The summed E-state index contributed by atoms with van der Waals surface area (Å²) in [5, 5.41) is 11.5. The van der Waals surface area contributed by atoms with E-state index in [0.29, 0.717) is 0 Å². The SMILES string of the molecule is CN(C(=O)[C@H]1CCCCN1)C1CCCN(c2cccnn2)C1. The summed E-state index contributed by atoms with van der Waals surface area (Å²) >= 11 is 0. The van der Waals surface area contributed by atoms with Crippen molar-refractivity contribution in [3.63, 3.8) is 0 Å². The smallest absolute Gasteiger partial charge is 0.239 e. The molecule has 0 saturated carbocycles. The van der Waals surface area contributed by atoms with Crippen LogP contribution in [0.1, 0.15) is 32.1 Å². The van der Waals surface area contributed by atoms with E-state index in [1.165, 1.54) is 6.42 Å². The third kappa shape index (κ3) is 3.38. The van der Waals surface area contributed by atoms with Gasteiger partial charge >= 0.3 is 0 Å². The summed E-state index contributed by atoms with van der Waals surface area (Å²) in [5.74, 6) is 1.15. The molecule has 2 aliphatic rings. The second-order valence-electron chi connectivity index (χ2n) is 6.28. The lowest BCUT2D eigenvalue weighted by atomic mass is 10.0. The fraction of sp³-hybridized carbons (Fsp3) is 0.688. The van der Waals surface area contributed by atoms with Crippen molar-refractivity contribution in [2.75, 3.05) is 31.6 Å². The van der Waals surface area contributed by atoms with Gasteiger partial charge in [-0.2, -0.15) is 5.10 Å². The largest absolute Gasteiger partial charge is 0.353 e. The number of aromatic nitrogens is 2. The Balaban J connectivity index is 1.62. The molecule has 6 nitrogen and oxygen atoms in total. The third-order valence-electron chi connectivity index (χ3n) is 4.78. The van der Waals surface area contributed by atoms with Crippen LogP contribution >= 0.6 is 0 Å². The van der Waals surface area contributed by atoms with Crippen LogP contribution in [0.25, 0.3) is 0 Å². The number of nitrogens with zero attached hydrogens (tertiary/aromatic N) is 4. The molecule has 2 aliphatic heterocycles. The molecule has 1 amide bonds. The molecule has 2 atom stereocenters. The molecule has 1 N–H and O–H groups in total. The molecule has 1 unspecified atom stereocenters. The number of likely N-dealkylation sites (N-methyl/N-ethyl adjacent to an activating group) is 1. The van der Waals surface area contributed by atoms with Gasteiger partial charge in [-0.15, -0.1) is 5.10 Å². The maximum Gasteiger partial charge on any atom is 0.239 e. The first kappa shape index (κ1) is 15.2. The normalized spacial score (nSPS) is 25.8. The predicted molar refractivity (Wildman–Crippen MR) is 85.7 cm³/mol. The van der Waals surface area contributed by atoms with Crippen molar-refractivity contribution in [1.29, 1.82) is 0 Å². The van der Waals surface area contributed by atoms with Gasteiger partial charge in [0.05, 0.1) is 6.04 Å². The van der Waals surface area contributed by atoms with E-state index in [-0.39, 0.29) is 18.0 Å². The summed E-state index contributed by atoms with van der Waals surface area (Å²) in [4.78, 5) is 16.8. The van der Waals surface area contributed by atoms with Gasteiger partial charge in [0.25, 0.3) is 0 Å². The van der Waals surface area contributed by atoms with Crippen molar-refractivity contribution in [1.82, 2.24) is 20.4 Å². The molecule has 22 heavy (non-hydrogen) atoms. The van der Waals surface area contributed by atoms with Crippen LogP contribution in [-0.2, 0) is 4.79 Å². The maximum absolute atomic E-state index is 12.7. The van der Waals surface area contributed by atoms with Gasteiger partial charge in [-0.05, 0) is 44.4 Å². The average Bonchev–Trinajstić information content (AvgIpc) is 2.62. The Kier molecular flexibility index (Phi) is 4.87. The quantitative estimate of drug-likeness (QED) is 0.904. The molecule has 1 aromatic heterocycles. The minimum Gasteiger partial charge on any atom is -0.353 e. The Morgan fingerprint density at radius 1 is 1.36 bits per heavy atom. The van der Waals surface area contributed by atoms with E-state index in [1.54, 1.807) is 6.20 Å². The first-order valence-corrected chi connectivity index (χ1v) is 8.28. The molecule has 2 saturated heterocycles. The van der Waals surface area contributed by atoms with E-state index >= 15 is 0 Å². The second kappa shape index (κ2) is 7.05. The van der Waals surface area contributed by atoms with E-state index in [2.05, 4.69) is 20.4 Å². The molecule has 0 aromatic carbocycles. The molecule has 120 valence electrons. The minimum absolute atomic E-state index is 0.00523. The summed E-state index contributed by atoms with van der Waals surface area (Å²) in [5.41, 5.74) is 0. The molecule has 1 aromatic rings. The van der Waals surface area contributed by atoms with Crippen LogP contribution in [-0.4, -0.2) is 59.8 Å². The number of carbonyl (C=O) groups excluding carboxylic acids is 1. The van der Waals surface area contributed by atoms with Gasteiger partial charge in [-0.25, -0.2) is 0 Å². The van der Waals surface area contributed by atoms with Crippen molar-refractivity contribution >= 4 is 11.7 Å². The van der Waals surface area contributed by atoms with E-state index in [9.17, 15) is 4.79 Å². The van der Waals surface area contributed by atoms with E-state index in [0.717, 1.165) is 51.1 Å². The van der Waals surface area contributed by atoms with Crippen molar-refractivity contribution in [2.45, 2.75) is 44.2 Å². The van der Waals surface area contributed by atoms with Gasteiger partial charge in [-0.1, -0.05) is 6.42 Å². The Morgan fingerprint density at radius 3 is 3.00 bits per heavy atom. The number of piperidine rings is 2. The molecule has 3 rings (SSSR count). The molecular formula is C16H25N5O. The van der Waals surface area contributed by atoms with Crippen LogP contribution in [0.4, 0.5) is 5.82 Å². The average molecular weight is 303 g/mol. The number of hydrogen-bond donors (Lipinski definition) is 1. The van der Waals surface area contributed by atoms with Gasteiger partial charge in [0, 0.05) is 32.4 Å². The molecule has 0 spiro atoms. The third-order valence-corrected chi connectivity index (χ3v) is 4.78. The molecule has 6 heteroatoms. The van der Waals surface area contributed by atoms with E-state index < -0.39 is 0 Å². The monoisotopic (exact) mass is 303 g/mol. The lowest BCUT2D eigenvalue weighted by Gasteiger charge is -2.39. The van der Waals surface area contributed by atoms with Crippen molar-refractivity contribution < 1.29 is 4.79 Å². The Bertz CT molecular complexity index is 489. The number of anilines is 1. The van der Waals surface area contributed by atoms with Crippen molar-refractivity contribution in [3.05, 3.63) is 18.3 Å². The number of rotatable bonds is 3. The zero-order valence-electron chi connectivity index (χ0n) is 13.2. The number of amides is 1. The number of hydrogen-bond acceptors (Lipinski definition) is 5. The highest BCUT2D eigenvalue weighted by Gasteiger charge is 2.31. The topological polar surface area (TPSA) is 61.4 Å². The molecular weight excluding hydrogens is 278 g/mol. The van der Waals surface area contributed by atoms with Gasteiger partial charge in [0.1, 0.15) is 0 Å². The van der Waals surface area contributed by atoms with Crippen LogP contribution in [0.2, 0.25) is 0 Å². The summed E-state index contributed by atoms with van der Waals surface area (Å²) in [6.07, 6.45) is 7.12. The molecule has 3 heterocycles. The van der Waals surface area contributed by atoms with Crippen molar-refractivity contribution in [3.8, 4) is 0 Å². The molecule has 0 aliphatic carbocycles. The second-order valence-corrected chi connectivity index (χ2v) is 6.28. The fourth-order valence-electron chi connectivity index (χ4n) is 3.43. The van der Waals surface area contributed by atoms with Crippen LogP contribution in [0.15, 0.2) is 18.3 Å². The maximum atomic E-state index is 12.7.